The maximum absolute atomic E-state index is 12.7. The molecule has 0 bridgehead atoms. The third-order valence-corrected chi connectivity index (χ3v) is 3.27. The fourth-order valence-electron chi connectivity index (χ4n) is 1.73. The molecule has 0 spiro atoms. The summed E-state index contributed by atoms with van der Waals surface area (Å²) >= 11 is 0. The van der Waals surface area contributed by atoms with E-state index in [1.807, 2.05) is 0 Å². The molecule has 4 N–H and O–H groups in total. The zero-order valence-electron chi connectivity index (χ0n) is 11.5. The summed E-state index contributed by atoms with van der Waals surface area (Å²) in [6, 6.07) is 5.34. The van der Waals surface area contributed by atoms with Gasteiger partial charge in [-0.25, -0.2) is 4.39 Å². The lowest BCUT2D eigenvalue weighted by atomic mass is 10.2. The Morgan fingerprint density at radius 1 is 1.14 bits per heavy atom. The van der Waals surface area contributed by atoms with Crippen LogP contribution in [0.3, 0.4) is 0 Å². The molecule has 1 aromatic carbocycles. The average molecular weight is 316 g/mol. The van der Waals surface area contributed by atoms with Crippen LogP contribution in [-0.2, 0) is 4.79 Å². The first-order valence-corrected chi connectivity index (χ1v) is 6.62. The minimum absolute atomic E-state index is 0. The Kier molecular flexibility index (Phi) is 6.11. The molecule has 0 unspecified atom stereocenters. The van der Waals surface area contributed by atoms with Gasteiger partial charge in [0.1, 0.15) is 5.82 Å². The zero-order valence-corrected chi connectivity index (χ0v) is 12.3. The van der Waals surface area contributed by atoms with Crippen LogP contribution >= 0.6 is 12.4 Å². The van der Waals surface area contributed by atoms with Crippen LogP contribution in [0.5, 0.6) is 0 Å². The van der Waals surface area contributed by atoms with E-state index in [4.69, 9.17) is 5.73 Å². The van der Waals surface area contributed by atoms with Gasteiger partial charge in [-0.05, 0) is 43.5 Å². The molecular weight excluding hydrogens is 297 g/mol. The predicted molar refractivity (Wildman–Crippen MR) is 79.8 cm³/mol. The van der Waals surface area contributed by atoms with Crippen molar-refractivity contribution in [1.82, 2.24) is 10.6 Å². The fourth-order valence-corrected chi connectivity index (χ4v) is 1.73. The Labute approximate surface area is 128 Å². The molecule has 0 aromatic heterocycles. The third kappa shape index (κ3) is 4.99. The summed E-state index contributed by atoms with van der Waals surface area (Å²) in [5.74, 6) is -0.753. The molecular formula is C14H19ClFN3O2. The van der Waals surface area contributed by atoms with Gasteiger partial charge in [0.05, 0.1) is 5.54 Å². The smallest absolute Gasteiger partial charge is 0.251 e. The molecule has 0 radical (unpaired) electrons. The number of nitrogens with two attached hydrogens (primary N) is 1. The highest BCUT2D eigenvalue weighted by Gasteiger charge is 2.45. The Morgan fingerprint density at radius 2 is 1.71 bits per heavy atom. The molecule has 1 aliphatic rings. The van der Waals surface area contributed by atoms with Gasteiger partial charge in [0.2, 0.25) is 5.91 Å². The lowest BCUT2D eigenvalue weighted by molar-refractivity contribution is -0.123. The van der Waals surface area contributed by atoms with Crippen LogP contribution in [0.4, 0.5) is 4.39 Å². The Hall–Kier alpha value is -1.66. The number of carbonyl (C=O) groups is 2. The molecule has 0 saturated heterocycles. The zero-order chi connectivity index (χ0) is 14.6. The van der Waals surface area contributed by atoms with E-state index in [-0.39, 0.29) is 30.0 Å². The van der Waals surface area contributed by atoms with Crippen molar-refractivity contribution in [1.29, 1.82) is 0 Å². The van der Waals surface area contributed by atoms with Crippen molar-refractivity contribution >= 4 is 24.2 Å². The second kappa shape index (κ2) is 7.38. The number of benzene rings is 1. The summed E-state index contributed by atoms with van der Waals surface area (Å²) < 4.78 is 12.7. The quantitative estimate of drug-likeness (QED) is 0.684. The van der Waals surface area contributed by atoms with E-state index in [2.05, 4.69) is 10.6 Å². The fraction of sp³-hybridized carbons (Fsp3) is 0.429. The number of hydrogen-bond acceptors (Lipinski definition) is 3. The molecule has 1 aliphatic carbocycles. The van der Waals surface area contributed by atoms with Gasteiger partial charge in [-0.2, -0.15) is 0 Å². The van der Waals surface area contributed by atoms with E-state index < -0.39 is 5.54 Å². The van der Waals surface area contributed by atoms with Gasteiger partial charge in [-0.15, -0.1) is 12.4 Å². The predicted octanol–water partition coefficient (Wildman–Crippen LogP) is 0.975. The number of amides is 2. The van der Waals surface area contributed by atoms with Gasteiger partial charge in [0.25, 0.3) is 5.91 Å². The van der Waals surface area contributed by atoms with Crippen molar-refractivity contribution < 1.29 is 14.0 Å². The van der Waals surface area contributed by atoms with Gasteiger partial charge >= 0.3 is 0 Å². The molecule has 2 amide bonds. The average Bonchev–Trinajstić information content (AvgIpc) is 3.18. The summed E-state index contributed by atoms with van der Waals surface area (Å²) in [7, 11) is 0. The van der Waals surface area contributed by atoms with E-state index in [0.29, 0.717) is 25.1 Å². The molecule has 1 saturated carbocycles. The summed E-state index contributed by atoms with van der Waals surface area (Å²) in [5, 5.41) is 5.44. The minimum atomic E-state index is -0.655. The normalized spacial score (nSPS) is 14.8. The molecule has 0 atom stereocenters. The van der Waals surface area contributed by atoms with Crippen molar-refractivity contribution in [3.05, 3.63) is 35.6 Å². The first-order chi connectivity index (χ1) is 9.51. The van der Waals surface area contributed by atoms with Crippen molar-refractivity contribution in [3.63, 3.8) is 0 Å². The lowest BCUT2D eigenvalue weighted by Crippen LogP contribution is -2.43. The highest BCUT2D eigenvalue weighted by atomic mass is 35.5. The molecule has 21 heavy (non-hydrogen) atoms. The number of carbonyl (C=O) groups excluding carboxylic acids is 2. The second-order valence-corrected chi connectivity index (χ2v) is 5.03. The number of halogens is 2. The molecule has 7 heteroatoms. The van der Waals surface area contributed by atoms with Gasteiger partial charge < -0.3 is 16.4 Å². The second-order valence-electron chi connectivity index (χ2n) is 5.03. The largest absolute Gasteiger partial charge is 0.354 e. The van der Waals surface area contributed by atoms with E-state index in [1.54, 1.807) is 0 Å². The third-order valence-electron chi connectivity index (χ3n) is 3.27. The van der Waals surface area contributed by atoms with Crippen molar-refractivity contribution in [2.75, 3.05) is 13.1 Å². The number of hydrogen-bond donors (Lipinski definition) is 3. The highest BCUT2D eigenvalue weighted by Crippen LogP contribution is 2.31. The van der Waals surface area contributed by atoms with Crippen LogP contribution in [0.25, 0.3) is 0 Å². The van der Waals surface area contributed by atoms with E-state index in [0.717, 1.165) is 12.8 Å². The maximum atomic E-state index is 12.7. The van der Waals surface area contributed by atoms with Crippen LogP contribution in [0, 0.1) is 5.82 Å². The Balaban J connectivity index is 0.00000220. The number of nitrogens with one attached hydrogen (secondary N) is 2. The van der Waals surface area contributed by atoms with Gasteiger partial charge in [-0.3, -0.25) is 9.59 Å². The molecule has 1 aromatic rings. The summed E-state index contributed by atoms with van der Waals surface area (Å²) in [6.07, 6.45) is 2.09. The molecule has 2 rings (SSSR count). The van der Waals surface area contributed by atoms with Gasteiger partial charge in [0, 0.05) is 18.7 Å². The van der Waals surface area contributed by atoms with E-state index in [1.165, 1.54) is 24.3 Å². The monoisotopic (exact) mass is 315 g/mol. The molecule has 0 heterocycles. The van der Waals surface area contributed by atoms with Crippen molar-refractivity contribution in [2.24, 2.45) is 5.73 Å². The first kappa shape index (κ1) is 17.4. The summed E-state index contributed by atoms with van der Waals surface area (Å²) in [5.41, 5.74) is 5.48. The van der Waals surface area contributed by atoms with Gasteiger partial charge in [0.15, 0.2) is 0 Å². The Bertz CT molecular complexity index is 503. The summed E-state index contributed by atoms with van der Waals surface area (Å²) in [4.78, 5) is 23.2. The van der Waals surface area contributed by atoms with E-state index in [9.17, 15) is 14.0 Å². The first-order valence-electron chi connectivity index (χ1n) is 6.62. The van der Waals surface area contributed by atoms with E-state index >= 15 is 0 Å². The highest BCUT2D eigenvalue weighted by molar-refractivity contribution is 5.94. The molecule has 5 nitrogen and oxygen atoms in total. The van der Waals surface area contributed by atoms with Crippen LogP contribution in [0.1, 0.15) is 29.6 Å². The van der Waals surface area contributed by atoms with Crippen molar-refractivity contribution in [2.45, 2.75) is 24.8 Å². The van der Waals surface area contributed by atoms with Crippen LogP contribution in [-0.4, -0.2) is 30.4 Å². The lowest BCUT2D eigenvalue weighted by Gasteiger charge is -2.10. The van der Waals surface area contributed by atoms with Crippen LogP contribution < -0.4 is 16.4 Å². The number of rotatable bonds is 6. The Morgan fingerprint density at radius 3 is 2.29 bits per heavy atom. The molecule has 0 aliphatic heterocycles. The molecule has 116 valence electrons. The van der Waals surface area contributed by atoms with Crippen molar-refractivity contribution in [3.8, 4) is 0 Å². The van der Waals surface area contributed by atoms with Crippen LogP contribution in [0.2, 0.25) is 0 Å². The minimum Gasteiger partial charge on any atom is -0.354 e. The maximum Gasteiger partial charge on any atom is 0.251 e. The summed E-state index contributed by atoms with van der Waals surface area (Å²) in [6.45, 7) is 0.912. The molecule has 1 fully saturated rings. The standard InChI is InChI=1S/C14H18FN3O2.ClH/c15-11-4-2-10(3-5-11)12(19)17-8-1-9-18-13(20)14(16)6-7-14;/h2-5H,1,6-9,16H2,(H,17,19)(H,18,20);1H. The SMILES string of the molecule is Cl.NC1(C(=O)NCCCNC(=O)c2ccc(F)cc2)CC1. The van der Waals surface area contributed by atoms with Gasteiger partial charge in [-0.1, -0.05) is 0 Å². The topological polar surface area (TPSA) is 84.2 Å². The van der Waals surface area contributed by atoms with Crippen LogP contribution in [0.15, 0.2) is 24.3 Å².